The maximum atomic E-state index is 12.5. The molecule has 7 heteroatoms. The molecule has 0 aliphatic carbocycles. The van der Waals surface area contributed by atoms with Crippen LogP contribution in [0.25, 0.3) is 0 Å². The molecule has 0 bridgehead atoms. The van der Waals surface area contributed by atoms with Crippen LogP contribution in [0.2, 0.25) is 0 Å². The van der Waals surface area contributed by atoms with Gasteiger partial charge in [0.05, 0.1) is 4.47 Å². The molecule has 2 nitrogen and oxygen atoms in total. The summed E-state index contributed by atoms with van der Waals surface area (Å²) in [5, 5.41) is 0. The van der Waals surface area contributed by atoms with Crippen LogP contribution in [-0.2, 0) is 0 Å². The van der Waals surface area contributed by atoms with Gasteiger partial charge >= 0.3 is 6.36 Å². The van der Waals surface area contributed by atoms with E-state index < -0.39 is 18.2 Å². The Hall–Kier alpha value is -0.850. The number of alkyl halides is 3. The van der Waals surface area contributed by atoms with Crippen LogP contribution >= 0.6 is 15.9 Å². The zero-order valence-electron chi connectivity index (χ0n) is 5.90. The van der Waals surface area contributed by atoms with Gasteiger partial charge in [-0.25, -0.2) is 0 Å². The SMILES string of the molecule is Fc1nc(OC(F)(F)F)ccc1Br. The van der Waals surface area contributed by atoms with E-state index in [9.17, 15) is 17.6 Å². The van der Waals surface area contributed by atoms with Gasteiger partial charge in [-0.2, -0.15) is 9.37 Å². The highest BCUT2D eigenvalue weighted by Gasteiger charge is 2.31. The van der Waals surface area contributed by atoms with E-state index in [-0.39, 0.29) is 4.47 Å². The highest BCUT2D eigenvalue weighted by molar-refractivity contribution is 9.10. The summed E-state index contributed by atoms with van der Waals surface area (Å²) in [7, 11) is 0. The van der Waals surface area contributed by atoms with Crippen molar-refractivity contribution in [3.05, 3.63) is 22.6 Å². The first kappa shape index (κ1) is 10.2. The van der Waals surface area contributed by atoms with Gasteiger partial charge in [0.2, 0.25) is 11.8 Å². The Kier molecular flexibility index (Phi) is 2.74. The van der Waals surface area contributed by atoms with Crippen molar-refractivity contribution in [3.63, 3.8) is 0 Å². The molecule has 1 aromatic rings. The minimum Gasteiger partial charge on any atom is -0.388 e. The molecule has 0 atom stereocenters. The average Bonchev–Trinajstić information content (AvgIpc) is 1.94. The predicted molar refractivity (Wildman–Crippen MR) is 38.6 cm³/mol. The van der Waals surface area contributed by atoms with E-state index in [4.69, 9.17) is 0 Å². The smallest absolute Gasteiger partial charge is 0.388 e. The number of nitrogens with zero attached hydrogens (tertiary/aromatic N) is 1. The van der Waals surface area contributed by atoms with Crippen LogP contribution in [0.3, 0.4) is 0 Å². The highest BCUT2D eigenvalue weighted by Crippen LogP contribution is 2.23. The summed E-state index contributed by atoms with van der Waals surface area (Å²) in [6, 6.07) is 1.98. The van der Waals surface area contributed by atoms with E-state index >= 15 is 0 Å². The van der Waals surface area contributed by atoms with Gasteiger partial charge in [-0.3, -0.25) is 0 Å². The van der Waals surface area contributed by atoms with Gasteiger partial charge in [-0.05, 0) is 22.0 Å². The number of hydrogen-bond donors (Lipinski definition) is 0. The lowest BCUT2D eigenvalue weighted by molar-refractivity contribution is -0.276. The Morgan fingerprint density at radius 2 is 1.92 bits per heavy atom. The first-order chi connectivity index (χ1) is 5.88. The van der Waals surface area contributed by atoms with Gasteiger partial charge in [0.1, 0.15) is 0 Å². The molecule has 0 saturated heterocycles. The van der Waals surface area contributed by atoms with Crippen LogP contribution in [0.15, 0.2) is 16.6 Å². The third kappa shape index (κ3) is 3.17. The van der Waals surface area contributed by atoms with E-state index in [1.807, 2.05) is 0 Å². The maximum absolute atomic E-state index is 12.5. The zero-order chi connectivity index (χ0) is 10.1. The average molecular weight is 260 g/mol. The minimum atomic E-state index is -4.85. The normalized spacial score (nSPS) is 11.5. The second-order valence-corrected chi connectivity index (χ2v) is 2.82. The second kappa shape index (κ2) is 3.49. The molecule has 1 rings (SSSR count). The lowest BCUT2D eigenvalue weighted by atomic mass is 10.5. The second-order valence-electron chi connectivity index (χ2n) is 1.97. The number of rotatable bonds is 1. The summed E-state index contributed by atoms with van der Waals surface area (Å²) in [5.41, 5.74) is 0. The van der Waals surface area contributed by atoms with Crippen LogP contribution in [0.4, 0.5) is 17.6 Å². The summed E-state index contributed by atoms with van der Waals surface area (Å²) in [6.07, 6.45) is -4.85. The van der Waals surface area contributed by atoms with E-state index in [1.165, 1.54) is 0 Å². The van der Waals surface area contributed by atoms with Crippen LogP contribution in [0, 0.1) is 5.95 Å². The van der Waals surface area contributed by atoms with Gasteiger partial charge in [-0.15, -0.1) is 13.2 Å². The largest absolute Gasteiger partial charge is 0.574 e. The van der Waals surface area contributed by atoms with E-state index in [1.54, 1.807) is 0 Å². The fourth-order valence-electron chi connectivity index (χ4n) is 0.576. The van der Waals surface area contributed by atoms with Crippen molar-refractivity contribution < 1.29 is 22.3 Å². The van der Waals surface area contributed by atoms with Crippen LogP contribution < -0.4 is 4.74 Å². The van der Waals surface area contributed by atoms with Crippen molar-refractivity contribution in [1.29, 1.82) is 0 Å². The Morgan fingerprint density at radius 3 is 2.38 bits per heavy atom. The highest BCUT2D eigenvalue weighted by atomic mass is 79.9. The van der Waals surface area contributed by atoms with Gasteiger partial charge < -0.3 is 4.74 Å². The number of pyridine rings is 1. The molecule has 0 amide bonds. The predicted octanol–water partition coefficient (Wildman–Crippen LogP) is 2.88. The first-order valence-electron chi connectivity index (χ1n) is 2.96. The third-order valence-corrected chi connectivity index (χ3v) is 1.59. The zero-order valence-corrected chi connectivity index (χ0v) is 7.49. The molecule has 0 fully saturated rings. The number of aromatic nitrogens is 1. The standard InChI is InChI=1S/C6H2BrF4NO/c7-3-1-2-4(12-5(3)8)13-6(9,10)11/h1-2H. The summed E-state index contributed by atoms with van der Waals surface area (Å²) in [4.78, 5) is 2.90. The molecule has 13 heavy (non-hydrogen) atoms. The molecule has 1 aromatic heterocycles. The first-order valence-corrected chi connectivity index (χ1v) is 3.75. The molecule has 0 saturated carbocycles. The molecule has 72 valence electrons. The molecule has 0 N–H and O–H groups in total. The molecule has 0 aliphatic heterocycles. The quantitative estimate of drug-likeness (QED) is 0.572. The summed E-state index contributed by atoms with van der Waals surface area (Å²) in [5.74, 6) is -1.88. The third-order valence-electron chi connectivity index (χ3n) is 0.998. The van der Waals surface area contributed by atoms with Crippen LogP contribution in [0.1, 0.15) is 0 Å². The van der Waals surface area contributed by atoms with Crippen molar-refractivity contribution in [2.45, 2.75) is 6.36 Å². The molecule has 0 aromatic carbocycles. The van der Waals surface area contributed by atoms with E-state index in [0.717, 1.165) is 12.1 Å². The number of halogens is 5. The van der Waals surface area contributed by atoms with Gasteiger partial charge in [-0.1, -0.05) is 0 Å². The maximum Gasteiger partial charge on any atom is 0.574 e. The van der Waals surface area contributed by atoms with Crippen LogP contribution in [0.5, 0.6) is 5.88 Å². The Morgan fingerprint density at radius 1 is 1.31 bits per heavy atom. The molecule has 0 radical (unpaired) electrons. The van der Waals surface area contributed by atoms with Crippen molar-refractivity contribution in [1.82, 2.24) is 4.98 Å². The van der Waals surface area contributed by atoms with Crippen molar-refractivity contribution in [2.75, 3.05) is 0 Å². The molecule has 0 spiro atoms. The summed E-state index contributed by atoms with van der Waals surface area (Å²) < 4.78 is 50.6. The Balaban J connectivity index is 2.86. The topological polar surface area (TPSA) is 22.1 Å². The van der Waals surface area contributed by atoms with Crippen molar-refractivity contribution in [3.8, 4) is 5.88 Å². The van der Waals surface area contributed by atoms with Gasteiger partial charge in [0.25, 0.3) is 0 Å². The molecule has 0 aliphatic rings. The van der Waals surface area contributed by atoms with E-state index in [2.05, 4.69) is 25.7 Å². The Bertz CT molecular complexity index is 314. The van der Waals surface area contributed by atoms with E-state index in [0.29, 0.717) is 0 Å². The Labute approximate surface area is 78.7 Å². The summed E-state index contributed by atoms with van der Waals surface area (Å²) in [6.45, 7) is 0. The van der Waals surface area contributed by atoms with Gasteiger partial charge in [0, 0.05) is 6.07 Å². The molecular formula is C6H2BrF4NO. The lowest BCUT2D eigenvalue weighted by Gasteiger charge is -2.07. The van der Waals surface area contributed by atoms with Gasteiger partial charge in [0.15, 0.2) is 0 Å². The molecule has 1 heterocycles. The number of ether oxygens (including phenoxy) is 1. The minimum absolute atomic E-state index is 0.0259. The lowest BCUT2D eigenvalue weighted by Crippen LogP contribution is -2.18. The monoisotopic (exact) mass is 259 g/mol. The number of hydrogen-bond acceptors (Lipinski definition) is 2. The van der Waals surface area contributed by atoms with Crippen molar-refractivity contribution in [2.24, 2.45) is 0 Å². The molecule has 0 unspecified atom stereocenters. The van der Waals surface area contributed by atoms with Crippen LogP contribution in [-0.4, -0.2) is 11.3 Å². The van der Waals surface area contributed by atoms with Crippen molar-refractivity contribution >= 4 is 15.9 Å². The molecular weight excluding hydrogens is 258 g/mol. The fraction of sp³-hybridized carbons (Fsp3) is 0.167. The summed E-state index contributed by atoms with van der Waals surface area (Å²) >= 11 is 2.73. The fourth-order valence-corrected chi connectivity index (χ4v) is 0.797.